The van der Waals surface area contributed by atoms with Crippen LogP contribution in [0.3, 0.4) is 0 Å². The molecule has 0 N–H and O–H groups in total. The van der Waals surface area contributed by atoms with Gasteiger partial charge in [0.25, 0.3) is 0 Å². The van der Waals surface area contributed by atoms with E-state index in [9.17, 15) is 9.18 Å². The molecule has 0 radical (unpaired) electrons. The van der Waals surface area contributed by atoms with Crippen molar-refractivity contribution >= 4 is 22.6 Å². The van der Waals surface area contributed by atoms with Crippen LogP contribution in [-0.2, 0) is 11.3 Å². The van der Waals surface area contributed by atoms with Crippen LogP contribution in [0.2, 0.25) is 0 Å². The zero-order chi connectivity index (χ0) is 22.9. The first-order valence-electron chi connectivity index (χ1n) is 11.2. The molecule has 33 heavy (non-hydrogen) atoms. The molecular formula is C27H26FN3O2. The average molecular weight is 444 g/mol. The fraction of sp³-hybridized carbons (Fsp3) is 0.259. The van der Waals surface area contributed by atoms with Crippen molar-refractivity contribution < 1.29 is 13.9 Å². The molecule has 0 unspecified atom stereocenters. The predicted molar refractivity (Wildman–Crippen MR) is 127 cm³/mol. The van der Waals surface area contributed by atoms with E-state index >= 15 is 0 Å². The number of hydrogen-bond donors (Lipinski definition) is 0. The van der Waals surface area contributed by atoms with Crippen LogP contribution in [0, 0.1) is 19.7 Å². The summed E-state index contributed by atoms with van der Waals surface area (Å²) >= 11 is 0. The quantitative estimate of drug-likeness (QED) is 0.401. The van der Waals surface area contributed by atoms with Gasteiger partial charge in [-0.05, 0) is 49.2 Å². The first kappa shape index (κ1) is 21.2. The number of imidazole rings is 1. The third-order valence-electron chi connectivity index (χ3n) is 6.29. The number of carbonyl (C=O) groups excluding carboxylic acids is 1. The summed E-state index contributed by atoms with van der Waals surface area (Å²) in [5, 5.41) is 0. The summed E-state index contributed by atoms with van der Waals surface area (Å²) in [4.78, 5) is 19.2. The number of carbonyl (C=O) groups is 1. The highest BCUT2D eigenvalue weighted by atomic mass is 19.1. The Labute approximate surface area is 192 Å². The van der Waals surface area contributed by atoms with Crippen LogP contribution in [0.5, 0.6) is 5.75 Å². The third kappa shape index (κ3) is 3.97. The molecule has 3 aromatic carbocycles. The maximum Gasteiger partial charge on any atom is 0.227 e. The van der Waals surface area contributed by atoms with Crippen molar-refractivity contribution in [3.05, 3.63) is 89.5 Å². The Morgan fingerprint density at radius 3 is 2.52 bits per heavy atom. The number of anilines is 1. The maximum absolute atomic E-state index is 14.4. The number of aryl methyl sites for hydroxylation is 2. The number of amides is 1. The zero-order valence-electron chi connectivity index (χ0n) is 18.8. The normalized spacial score (nSPS) is 16.0. The lowest BCUT2D eigenvalue weighted by atomic mass is 10.1. The highest BCUT2D eigenvalue weighted by Crippen LogP contribution is 2.34. The van der Waals surface area contributed by atoms with Gasteiger partial charge in [-0.1, -0.05) is 42.5 Å². The molecule has 1 fully saturated rings. The molecule has 1 aromatic heterocycles. The van der Waals surface area contributed by atoms with Gasteiger partial charge in [-0.15, -0.1) is 0 Å². The van der Waals surface area contributed by atoms with Gasteiger partial charge >= 0.3 is 0 Å². The van der Waals surface area contributed by atoms with E-state index in [0.717, 1.165) is 33.7 Å². The standard InChI is InChI=1S/C27H26FN3O2/c1-18-8-7-9-19(2)26(18)33-15-14-30-24-13-6-4-11-22(24)29-27(30)20-16-25(32)31(17-20)23-12-5-3-10-21(23)28/h3-13,20H,14-17H2,1-2H3/t20-/m1/s1. The Morgan fingerprint density at radius 2 is 1.73 bits per heavy atom. The third-order valence-corrected chi connectivity index (χ3v) is 6.29. The Kier molecular flexibility index (Phi) is 5.58. The summed E-state index contributed by atoms with van der Waals surface area (Å²) in [6, 6.07) is 20.5. The molecule has 0 saturated carbocycles. The Hall–Kier alpha value is -3.67. The van der Waals surface area contributed by atoms with E-state index in [-0.39, 0.29) is 17.6 Å². The van der Waals surface area contributed by atoms with Crippen molar-refractivity contribution in [1.29, 1.82) is 0 Å². The van der Waals surface area contributed by atoms with Crippen molar-refractivity contribution in [2.24, 2.45) is 0 Å². The molecule has 1 saturated heterocycles. The van der Waals surface area contributed by atoms with E-state index in [1.165, 1.54) is 11.0 Å². The van der Waals surface area contributed by atoms with Gasteiger partial charge in [0.1, 0.15) is 24.0 Å². The summed E-state index contributed by atoms with van der Waals surface area (Å²) < 4.78 is 22.7. The Bertz CT molecular complexity index is 1310. The number of benzene rings is 3. The molecule has 5 nitrogen and oxygen atoms in total. The lowest BCUT2D eigenvalue weighted by molar-refractivity contribution is -0.117. The van der Waals surface area contributed by atoms with Crippen LogP contribution < -0.4 is 9.64 Å². The lowest BCUT2D eigenvalue weighted by Crippen LogP contribution is -2.25. The molecule has 0 bridgehead atoms. The molecule has 6 heteroatoms. The summed E-state index contributed by atoms with van der Waals surface area (Å²) in [7, 11) is 0. The fourth-order valence-corrected chi connectivity index (χ4v) is 4.69. The largest absolute Gasteiger partial charge is 0.491 e. The number of ether oxygens (including phenoxy) is 1. The highest BCUT2D eigenvalue weighted by molar-refractivity contribution is 5.96. The van der Waals surface area contributed by atoms with Crippen LogP contribution in [0.4, 0.5) is 10.1 Å². The number of para-hydroxylation sites is 4. The van der Waals surface area contributed by atoms with Crippen LogP contribution >= 0.6 is 0 Å². The molecule has 1 amide bonds. The van der Waals surface area contributed by atoms with Gasteiger partial charge in [0.05, 0.1) is 23.3 Å². The van der Waals surface area contributed by atoms with E-state index in [0.29, 0.717) is 31.8 Å². The lowest BCUT2D eigenvalue weighted by Gasteiger charge is -2.18. The van der Waals surface area contributed by atoms with Gasteiger partial charge in [-0.25, -0.2) is 9.37 Å². The predicted octanol–water partition coefficient (Wildman–Crippen LogP) is 5.39. The van der Waals surface area contributed by atoms with Crippen molar-refractivity contribution in [2.45, 2.75) is 32.7 Å². The second-order valence-corrected chi connectivity index (χ2v) is 8.54. The molecule has 4 aromatic rings. The summed E-state index contributed by atoms with van der Waals surface area (Å²) in [6.45, 7) is 5.58. The number of hydrogen-bond acceptors (Lipinski definition) is 3. The number of halogens is 1. The minimum absolute atomic E-state index is 0.0875. The van der Waals surface area contributed by atoms with Gasteiger partial charge in [-0.2, -0.15) is 0 Å². The molecule has 0 aliphatic carbocycles. The van der Waals surface area contributed by atoms with Crippen molar-refractivity contribution in [2.75, 3.05) is 18.1 Å². The van der Waals surface area contributed by atoms with Crippen molar-refractivity contribution in [3.63, 3.8) is 0 Å². The number of rotatable bonds is 6. The van der Waals surface area contributed by atoms with E-state index in [1.807, 2.05) is 56.3 Å². The van der Waals surface area contributed by atoms with Gasteiger partial charge < -0.3 is 14.2 Å². The molecule has 1 aliphatic rings. The minimum atomic E-state index is -0.387. The van der Waals surface area contributed by atoms with E-state index in [2.05, 4.69) is 4.57 Å². The van der Waals surface area contributed by atoms with Crippen LogP contribution in [0.1, 0.15) is 29.3 Å². The molecule has 0 spiro atoms. The number of fused-ring (bicyclic) bond motifs is 1. The first-order chi connectivity index (χ1) is 16.0. The van der Waals surface area contributed by atoms with Crippen molar-refractivity contribution in [3.8, 4) is 5.75 Å². The molecule has 2 heterocycles. The monoisotopic (exact) mass is 443 g/mol. The van der Waals surface area contributed by atoms with Crippen LogP contribution in [0.15, 0.2) is 66.7 Å². The highest BCUT2D eigenvalue weighted by Gasteiger charge is 2.35. The molecule has 1 aliphatic heterocycles. The summed E-state index contributed by atoms with van der Waals surface area (Å²) in [5.41, 5.74) is 4.43. The first-order valence-corrected chi connectivity index (χ1v) is 11.2. The van der Waals surface area contributed by atoms with Crippen molar-refractivity contribution in [1.82, 2.24) is 9.55 Å². The van der Waals surface area contributed by atoms with Gasteiger partial charge in [0, 0.05) is 18.9 Å². The summed E-state index contributed by atoms with van der Waals surface area (Å²) in [5.74, 6) is 1.15. The second kappa shape index (κ2) is 8.70. The molecule has 1 atom stereocenters. The molecule has 5 rings (SSSR count). The number of aromatic nitrogens is 2. The van der Waals surface area contributed by atoms with Gasteiger partial charge in [0.2, 0.25) is 5.91 Å². The van der Waals surface area contributed by atoms with E-state index in [4.69, 9.17) is 9.72 Å². The Balaban J connectivity index is 1.43. The van der Waals surface area contributed by atoms with Crippen LogP contribution in [0.25, 0.3) is 11.0 Å². The smallest absolute Gasteiger partial charge is 0.227 e. The molecular weight excluding hydrogens is 417 g/mol. The average Bonchev–Trinajstić information content (AvgIpc) is 3.37. The summed E-state index contributed by atoms with van der Waals surface area (Å²) in [6.07, 6.45) is 0.301. The second-order valence-electron chi connectivity index (χ2n) is 8.54. The Morgan fingerprint density at radius 1 is 1.00 bits per heavy atom. The van der Waals surface area contributed by atoms with Crippen LogP contribution in [-0.4, -0.2) is 28.6 Å². The topological polar surface area (TPSA) is 47.4 Å². The maximum atomic E-state index is 14.4. The minimum Gasteiger partial charge on any atom is -0.491 e. The van der Waals surface area contributed by atoms with Gasteiger partial charge in [-0.3, -0.25) is 4.79 Å². The number of nitrogens with zero attached hydrogens (tertiary/aromatic N) is 3. The fourth-order valence-electron chi connectivity index (χ4n) is 4.69. The van der Waals surface area contributed by atoms with Gasteiger partial charge in [0.15, 0.2) is 0 Å². The zero-order valence-corrected chi connectivity index (χ0v) is 18.8. The SMILES string of the molecule is Cc1cccc(C)c1OCCn1c([C@@H]2CC(=O)N(c3ccccc3F)C2)nc2ccccc21. The van der Waals surface area contributed by atoms with E-state index in [1.54, 1.807) is 18.2 Å². The molecule has 168 valence electrons. The van der Waals surface area contributed by atoms with E-state index < -0.39 is 0 Å².